The first-order valence-electron chi connectivity index (χ1n) is 8.39. The van der Waals surface area contributed by atoms with Gasteiger partial charge in [0.05, 0.1) is 0 Å². The summed E-state index contributed by atoms with van der Waals surface area (Å²) in [7, 11) is 0. The molecule has 122 valence electrons. The highest BCUT2D eigenvalue weighted by Gasteiger charge is 2.10. The lowest BCUT2D eigenvalue weighted by Crippen LogP contribution is -2.19. The summed E-state index contributed by atoms with van der Waals surface area (Å²) in [5.41, 5.74) is 0. The molecule has 4 heteroatoms. The fraction of sp³-hybridized carbons (Fsp3) is 1.00. The first-order valence-corrected chi connectivity index (χ1v) is 8.39. The van der Waals surface area contributed by atoms with E-state index in [0.717, 1.165) is 25.7 Å². The molecule has 4 nitrogen and oxygen atoms in total. The van der Waals surface area contributed by atoms with Gasteiger partial charge in [-0.3, -0.25) is 0 Å². The van der Waals surface area contributed by atoms with Crippen molar-refractivity contribution < 1.29 is 20.0 Å². The maximum absolute atomic E-state index is 9.54. The molecule has 0 rings (SSSR count). The molecule has 0 fully saturated rings. The van der Waals surface area contributed by atoms with Crippen LogP contribution in [0.25, 0.3) is 0 Å². The standard InChI is InChI=1S/C16H34O4/c1-3-5-7-9-11-13-15(17)19-20-16(18)14-12-10-8-6-4-2/h15-18H,3-14H2,1-2H3. The molecule has 2 atom stereocenters. The van der Waals surface area contributed by atoms with E-state index in [1.807, 2.05) is 0 Å². The Hall–Kier alpha value is -0.160. The molecule has 0 amide bonds. The van der Waals surface area contributed by atoms with Crippen molar-refractivity contribution in [3.63, 3.8) is 0 Å². The van der Waals surface area contributed by atoms with E-state index in [1.54, 1.807) is 0 Å². The highest BCUT2D eigenvalue weighted by atomic mass is 17.2. The van der Waals surface area contributed by atoms with Crippen LogP contribution in [0.5, 0.6) is 0 Å². The molecule has 2 N–H and O–H groups in total. The van der Waals surface area contributed by atoms with Gasteiger partial charge in [-0.1, -0.05) is 65.2 Å². The summed E-state index contributed by atoms with van der Waals surface area (Å²) >= 11 is 0. The van der Waals surface area contributed by atoms with Crippen molar-refractivity contribution in [2.24, 2.45) is 0 Å². The van der Waals surface area contributed by atoms with E-state index >= 15 is 0 Å². The molecule has 0 bridgehead atoms. The number of aliphatic hydroxyl groups is 2. The summed E-state index contributed by atoms with van der Waals surface area (Å²) in [5.74, 6) is 0. The molecule has 0 aliphatic rings. The zero-order valence-corrected chi connectivity index (χ0v) is 13.4. The molecule has 0 aromatic carbocycles. The summed E-state index contributed by atoms with van der Waals surface area (Å²) in [5, 5.41) is 19.1. The number of hydrogen-bond acceptors (Lipinski definition) is 4. The molecule has 0 radical (unpaired) electrons. The molecule has 2 unspecified atom stereocenters. The average Bonchev–Trinajstić information content (AvgIpc) is 2.44. The second-order valence-corrected chi connectivity index (χ2v) is 5.51. The normalized spacial score (nSPS) is 14.4. The molecular formula is C16H34O4. The van der Waals surface area contributed by atoms with E-state index in [4.69, 9.17) is 9.78 Å². The maximum atomic E-state index is 9.54. The molecule has 0 saturated heterocycles. The number of aliphatic hydroxyl groups excluding tert-OH is 2. The third-order valence-corrected chi connectivity index (χ3v) is 3.39. The molecule has 0 aliphatic carbocycles. The van der Waals surface area contributed by atoms with E-state index in [1.165, 1.54) is 38.5 Å². The number of hydrogen-bond donors (Lipinski definition) is 2. The van der Waals surface area contributed by atoms with Crippen LogP contribution in [-0.4, -0.2) is 22.8 Å². The third kappa shape index (κ3) is 14.3. The Morgan fingerprint density at radius 3 is 1.30 bits per heavy atom. The Kier molecular flexibility index (Phi) is 15.1. The fourth-order valence-electron chi connectivity index (χ4n) is 2.07. The topological polar surface area (TPSA) is 58.9 Å². The van der Waals surface area contributed by atoms with Crippen LogP contribution in [0.2, 0.25) is 0 Å². The predicted octanol–water partition coefficient (Wildman–Crippen LogP) is 4.29. The zero-order valence-electron chi connectivity index (χ0n) is 13.4. The van der Waals surface area contributed by atoms with E-state index in [9.17, 15) is 10.2 Å². The molecule has 20 heavy (non-hydrogen) atoms. The second-order valence-electron chi connectivity index (χ2n) is 5.51. The van der Waals surface area contributed by atoms with Gasteiger partial charge in [0, 0.05) is 12.8 Å². The van der Waals surface area contributed by atoms with Gasteiger partial charge in [-0.25, -0.2) is 9.78 Å². The van der Waals surface area contributed by atoms with Crippen LogP contribution < -0.4 is 0 Å². The SMILES string of the molecule is CCCCCCCC(O)OOC(O)CCCCCCC. The van der Waals surface area contributed by atoms with Crippen LogP contribution >= 0.6 is 0 Å². The van der Waals surface area contributed by atoms with Gasteiger partial charge in [0.1, 0.15) is 0 Å². The van der Waals surface area contributed by atoms with Gasteiger partial charge in [-0.2, -0.15) is 0 Å². The Balaban J connectivity index is 3.32. The Morgan fingerprint density at radius 1 is 0.600 bits per heavy atom. The largest absolute Gasteiger partial charge is 0.366 e. The van der Waals surface area contributed by atoms with Gasteiger partial charge in [0.25, 0.3) is 0 Å². The fourth-order valence-corrected chi connectivity index (χ4v) is 2.07. The first kappa shape index (κ1) is 19.8. The van der Waals surface area contributed by atoms with E-state index in [0.29, 0.717) is 12.8 Å². The molecule has 0 saturated carbocycles. The van der Waals surface area contributed by atoms with Crippen LogP contribution in [0.4, 0.5) is 0 Å². The summed E-state index contributed by atoms with van der Waals surface area (Å²) in [6.07, 6.45) is 10.7. The molecule has 0 heterocycles. The smallest absolute Gasteiger partial charge is 0.188 e. The molecule has 0 aliphatic heterocycles. The lowest BCUT2D eigenvalue weighted by Gasteiger charge is -2.14. The van der Waals surface area contributed by atoms with Crippen molar-refractivity contribution in [1.29, 1.82) is 0 Å². The van der Waals surface area contributed by atoms with Crippen molar-refractivity contribution in [2.45, 2.75) is 103 Å². The highest BCUT2D eigenvalue weighted by molar-refractivity contribution is 4.47. The molecule has 0 spiro atoms. The zero-order chi connectivity index (χ0) is 15.1. The van der Waals surface area contributed by atoms with Crippen molar-refractivity contribution in [2.75, 3.05) is 0 Å². The monoisotopic (exact) mass is 290 g/mol. The molecular weight excluding hydrogens is 256 g/mol. The summed E-state index contributed by atoms with van der Waals surface area (Å²) < 4.78 is 0. The van der Waals surface area contributed by atoms with E-state index in [-0.39, 0.29) is 0 Å². The Labute approximate surface area is 124 Å². The van der Waals surface area contributed by atoms with Gasteiger partial charge >= 0.3 is 0 Å². The Bertz CT molecular complexity index is 167. The second kappa shape index (κ2) is 15.2. The van der Waals surface area contributed by atoms with Crippen molar-refractivity contribution >= 4 is 0 Å². The number of unbranched alkanes of at least 4 members (excludes halogenated alkanes) is 8. The number of rotatable bonds is 15. The predicted molar refractivity (Wildman–Crippen MR) is 80.9 cm³/mol. The third-order valence-electron chi connectivity index (χ3n) is 3.39. The van der Waals surface area contributed by atoms with Gasteiger partial charge in [0.2, 0.25) is 0 Å². The average molecular weight is 290 g/mol. The van der Waals surface area contributed by atoms with E-state index in [2.05, 4.69) is 13.8 Å². The van der Waals surface area contributed by atoms with Crippen LogP contribution in [0.15, 0.2) is 0 Å². The van der Waals surface area contributed by atoms with Crippen molar-refractivity contribution in [1.82, 2.24) is 0 Å². The first-order chi connectivity index (χ1) is 9.70. The summed E-state index contributed by atoms with van der Waals surface area (Å²) in [4.78, 5) is 9.59. The lowest BCUT2D eigenvalue weighted by molar-refractivity contribution is -0.424. The van der Waals surface area contributed by atoms with Crippen LogP contribution in [-0.2, 0) is 9.78 Å². The minimum Gasteiger partial charge on any atom is -0.366 e. The highest BCUT2D eigenvalue weighted by Crippen LogP contribution is 2.11. The maximum Gasteiger partial charge on any atom is 0.188 e. The Morgan fingerprint density at radius 2 is 0.950 bits per heavy atom. The summed E-state index contributed by atoms with van der Waals surface area (Å²) in [6, 6.07) is 0. The van der Waals surface area contributed by atoms with Gasteiger partial charge in [0.15, 0.2) is 12.6 Å². The lowest BCUT2D eigenvalue weighted by atomic mass is 10.1. The van der Waals surface area contributed by atoms with Gasteiger partial charge < -0.3 is 10.2 Å². The van der Waals surface area contributed by atoms with Gasteiger partial charge in [-0.15, -0.1) is 0 Å². The molecule has 0 aromatic heterocycles. The van der Waals surface area contributed by atoms with Crippen molar-refractivity contribution in [3.05, 3.63) is 0 Å². The molecule has 0 aromatic rings. The van der Waals surface area contributed by atoms with Crippen molar-refractivity contribution in [3.8, 4) is 0 Å². The van der Waals surface area contributed by atoms with E-state index < -0.39 is 12.6 Å². The minimum absolute atomic E-state index is 0.562. The quantitative estimate of drug-likeness (QED) is 0.204. The summed E-state index contributed by atoms with van der Waals surface area (Å²) in [6.45, 7) is 4.35. The minimum atomic E-state index is -0.925. The van der Waals surface area contributed by atoms with Crippen LogP contribution in [0, 0.1) is 0 Å². The van der Waals surface area contributed by atoms with Crippen LogP contribution in [0.3, 0.4) is 0 Å². The van der Waals surface area contributed by atoms with Gasteiger partial charge in [-0.05, 0) is 12.8 Å². The van der Waals surface area contributed by atoms with Crippen LogP contribution in [0.1, 0.15) is 90.9 Å².